The van der Waals surface area contributed by atoms with E-state index >= 15 is 0 Å². The number of rotatable bonds is 4. The number of carbonyl (C=O) groups is 1. The molecule has 0 aliphatic carbocycles. The van der Waals surface area contributed by atoms with Gasteiger partial charge in [-0.05, 0) is 50.7 Å². The molecule has 6 heteroatoms. The standard InChI is InChI=1S/C18H23N3O2S/c1-20-8-2-5-14(20)15-6-3-9-21(15)17(22)11-13-12-23-18(19-13)16-7-4-10-24-16/h4,7,10,12,14-15H,2-3,5-6,8-9,11H2,1H3/t14-,15-/m0/s1. The van der Waals surface area contributed by atoms with E-state index in [2.05, 4.69) is 21.8 Å². The summed E-state index contributed by atoms with van der Waals surface area (Å²) in [6.07, 6.45) is 6.64. The first-order valence-corrected chi connectivity index (χ1v) is 9.58. The molecule has 2 fully saturated rings. The minimum Gasteiger partial charge on any atom is -0.444 e. The summed E-state index contributed by atoms with van der Waals surface area (Å²) in [6, 6.07) is 4.85. The first-order valence-electron chi connectivity index (χ1n) is 8.70. The Morgan fingerprint density at radius 2 is 2.17 bits per heavy atom. The van der Waals surface area contributed by atoms with Gasteiger partial charge in [0.05, 0.1) is 17.0 Å². The van der Waals surface area contributed by atoms with Crippen molar-refractivity contribution in [2.75, 3.05) is 20.1 Å². The van der Waals surface area contributed by atoms with E-state index in [4.69, 9.17) is 4.42 Å². The van der Waals surface area contributed by atoms with Crippen LogP contribution >= 0.6 is 11.3 Å². The van der Waals surface area contributed by atoms with Crippen LogP contribution < -0.4 is 0 Å². The summed E-state index contributed by atoms with van der Waals surface area (Å²) >= 11 is 1.59. The highest BCUT2D eigenvalue weighted by Gasteiger charge is 2.38. The smallest absolute Gasteiger partial charge is 0.236 e. The Kier molecular flexibility index (Phi) is 4.41. The van der Waals surface area contributed by atoms with Gasteiger partial charge in [0.2, 0.25) is 11.8 Å². The SMILES string of the molecule is CN1CCC[C@H]1[C@@H]1CCCN1C(=O)Cc1coc(-c2cccs2)n1. The van der Waals surface area contributed by atoms with Gasteiger partial charge in [-0.2, -0.15) is 0 Å². The molecule has 0 aromatic carbocycles. The maximum Gasteiger partial charge on any atom is 0.236 e. The first kappa shape index (κ1) is 15.8. The van der Waals surface area contributed by atoms with Gasteiger partial charge >= 0.3 is 0 Å². The number of thiophene rings is 1. The summed E-state index contributed by atoms with van der Waals surface area (Å²) in [5.41, 5.74) is 0.730. The van der Waals surface area contributed by atoms with Crippen molar-refractivity contribution < 1.29 is 9.21 Å². The maximum atomic E-state index is 12.8. The second-order valence-corrected chi connectivity index (χ2v) is 7.73. The van der Waals surface area contributed by atoms with Gasteiger partial charge in [-0.25, -0.2) is 4.98 Å². The molecule has 0 unspecified atom stereocenters. The number of hydrogen-bond acceptors (Lipinski definition) is 5. The second kappa shape index (κ2) is 6.69. The van der Waals surface area contributed by atoms with Crippen molar-refractivity contribution in [3.05, 3.63) is 29.5 Å². The monoisotopic (exact) mass is 345 g/mol. The van der Waals surface area contributed by atoms with Crippen molar-refractivity contribution in [2.24, 2.45) is 0 Å². The zero-order valence-corrected chi connectivity index (χ0v) is 14.8. The molecule has 128 valence electrons. The summed E-state index contributed by atoms with van der Waals surface area (Å²) in [7, 11) is 2.18. The molecule has 4 heterocycles. The minimum absolute atomic E-state index is 0.184. The molecule has 2 aliphatic rings. The van der Waals surface area contributed by atoms with E-state index in [0.717, 1.165) is 36.5 Å². The fraction of sp³-hybridized carbons (Fsp3) is 0.556. The average Bonchev–Trinajstić information content (AvgIpc) is 3.34. The van der Waals surface area contributed by atoms with Crippen molar-refractivity contribution in [3.63, 3.8) is 0 Å². The van der Waals surface area contributed by atoms with Gasteiger partial charge in [0, 0.05) is 18.6 Å². The average molecular weight is 345 g/mol. The number of aromatic nitrogens is 1. The number of likely N-dealkylation sites (tertiary alicyclic amines) is 2. The highest BCUT2D eigenvalue weighted by molar-refractivity contribution is 7.13. The van der Waals surface area contributed by atoms with Gasteiger partial charge < -0.3 is 14.2 Å². The van der Waals surface area contributed by atoms with Crippen LogP contribution in [0.4, 0.5) is 0 Å². The summed E-state index contributed by atoms with van der Waals surface area (Å²) in [5, 5.41) is 2.00. The number of oxazole rings is 1. The fourth-order valence-electron chi connectivity index (χ4n) is 4.08. The van der Waals surface area contributed by atoms with Crippen LogP contribution in [0.15, 0.2) is 28.2 Å². The van der Waals surface area contributed by atoms with Gasteiger partial charge in [-0.15, -0.1) is 11.3 Å². The van der Waals surface area contributed by atoms with E-state index < -0.39 is 0 Å². The Balaban J connectivity index is 1.44. The second-order valence-electron chi connectivity index (χ2n) is 6.78. The normalized spacial score (nSPS) is 24.8. The number of carbonyl (C=O) groups excluding carboxylic acids is 1. The zero-order chi connectivity index (χ0) is 16.5. The highest BCUT2D eigenvalue weighted by atomic mass is 32.1. The van der Waals surface area contributed by atoms with E-state index in [-0.39, 0.29) is 5.91 Å². The van der Waals surface area contributed by atoms with Crippen molar-refractivity contribution in [1.82, 2.24) is 14.8 Å². The van der Waals surface area contributed by atoms with Crippen LogP contribution in [0.25, 0.3) is 10.8 Å². The molecule has 5 nitrogen and oxygen atoms in total. The van der Waals surface area contributed by atoms with Crippen LogP contribution in [0.1, 0.15) is 31.4 Å². The predicted molar refractivity (Wildman–Crippen MR) is 93.9 cm³/mol. The molecular weight excluding hydrogens is 322 g/mol. The summed E-state index contributed by atoms with van der Waals surface area (Å²) in [4.78, 5) is 22.8. The lowest BCUT2D eigenvalue weighted by molar-refractivity contribution is -0.132. The Morgan fingerprint density at radius 1 is 1.33 bits per heavy atom. The van der Waals surface area contributed by atoms with E-state index in [9.17, 15) is 4.79 Å². The highest BCUT2D eigenvalue weighted by Crippen LogP contribution is 2.30. The van der Waals surface area contributed by atoms with Crippen LogP contribution in [0.3, 0.4) is 0 Å². The molecule has 0 N–H and O–H groups in total. The van der Waals surface area contributed by atoms with Gasteiger partial charge in [0.25, 0.3) is 0 Å². The lowest BCUT2D eigenvalue weighted by atomic mass is 10.0. The minimum atomic E-state index is 0.184. The quantitative estimate of drug-likeness (QED) is 0.855. The summed E-state index contributed by atoms with van der Waals surface area (Å²) in [6.45, 7) is 2.03. The third-order valence-electron chi connectivity index (χ3n) is 5.26. The van der Waals surface area contributed by atoms with Gasteiger partial charge in [0.1, 0.15) is 6.26 Å². The molecule has 0 spiro atoms. The molecular formula is C18H23N3O2S. The molecule has 2 atom stereocenters. The molecule has 0 saturated carbocycles. The molecule has 1 amide bonds. The van der Waals surface area contributed by atoms with E-state index in [1.54, 1.807) is 17.6 Å². The van der Waals surface area contributed by atoms with Crippen molar-refractivity contribution in [3.8, 4) is 10.8 Å². The Labute approximate surface area is 146 Å². The molecule has 2 aliphatic heterocycles. The van der Waals surface area contributed by atoms with Crippen LogP contribution in [-0.2, 0) is 11.2 Å². The molecule has 4 rings (SSSR count). The Bertz CT molecular complexity index is 697. The maximum absolute atomic E-state index is 12.8. The largest absolute Gasteiger partial charge is 0.444 e. The van der Waals surface area contributed by atoms with E-state index in [1.165, 1.54) is 12.8 Å². The van der Waals surface area contributed by atoms with Crippen molar-refractivity contribution in [2.45, 2.75) is 44.2 Å². The number of nitrogens with zero attached hydrogens (tertiary/aromatic N) is 3. The topological polar surface area (TPSA) is 49.6 Å². The van der Waals surface area contributed by atoms with Crippen molar-refractivity contribution in [1.29, 1.82) is 0 Å². The lowest BCUT2D eigenvalue weighted by Gasteiger charge is -2.33. The van der Waals surface area contributed by atoms with E-state index in [0.29, 0.717) is 24.4 Å². The molecule has 2 aromatic heterocycles. The van der Waals surface area contributed by atoms with Crippen LogP contribution in [-0.4, -0.2) is 52.9 Å². The van der Waals surface area contributed by atoms with Crippen LogP contribution in [0.5, 0.6) is 0 Å². The van der Waals surface area contributed by atoms with Crippen LogP contribution in [0.2, 0.25) is 0 Å². The molecule has 2 aromatic rings. The van der Waals surface area contributed by atoms with Crippen molar-refractivity contribution >= 4 is 17.2 Å². The first-order chi connectivity index (χ1) is 11.7. The molecule has 24 heavy (non-hydrogen) atoms. The Hall–Kier alpha value is -1.66. The molecule has 0 radical (unpaired) electrons. The molecule has 0 bridgehead atoms. The third-order valence-corrected chi connectivity index (χ3v) is 6.11. The summed E-state index contributed by atoms with van der Waals surface area (Å²) in [5.74, 6) is 0.796. The number of likely N-dealkylation sites (N-methyl/N-ethyl adjacent to an activating group) is 1. The number of amides is 1. The third kappa shape index (κ3) is 3.00. The Morgan fingerprint density at radius 3 is 2.92 bits per heavy atom. The summed E-state index contributed by atoms with van der Waals surface area (Å²) < 4.78 is 5.54. The van der Waals surface area contributed by atoms with Gasteiger partial charge in [-0.3, -0.25) is 4.79 Å². The van der Waals surface area contributed by atoms with E-state index in [1.807, 2.05) is 17.5 Å². The van der Waals surface area contributed by atoms with Gasteiger partial charge in [-0.1, -0.05) is 6.07 Å². The van der Waals surface area contributed by atoms with Crippen LogP contribution in [0, 0.1) is 0 Å². The number of hydrogen-bond donors (Lipinski definition) is 0. The predicted octanol–water partition coefficient (Wildman–Crippen LogP) is 3.03. The van der Waals surface area contributed by atoms with Gasteiger partial charge in [0.15, 0.2) is 0 Å². The zero-order valence-electron chi connectivity index (χ0n) is 14.0. The fourth-order valence-corrected chi connectivity index (χ4v) is 4.74. The molecule has 2 saturated heterocycles. The lowest BCUT2D eigenvalue weighted by Crippen LogP contribution is -2.47.